The van der Waals surface area contributed by atoms with Crippen molar-refractivity contribution in [2.24, 2.45) is 10.8 Å². The SMILES string of the molecule is NC(CS(=O)(=O)c1ccccc1)=NNC(=O)c1ccccn1. The number of hydrazone groups is 1. The Morgan fingerprint density at radius 3 is 2.45 bits per heavy atom. The number of amidine groups is 1. The molecule has 1 aromatic carbocycles. The minimum absolute atomic E-state index is 0.143. The van der Waals surface area contributed by atoms with Crippen molar-refractivity contribution in [1.82, 2.24) is 10.4 Å². The largest absolute Gasteiger partial charge is 0.385 e. The maximum atomic E-state index is 12.1. The van der Waals surface area contributed by atoms with Gasteiger partial charge in [0.1, 0.15) is 17.3 Å². The number of hydrogen-bond donors (Lipinski definition) is 2. The molecule has 0 unspecified atom stereocenters. The zero-order chi connectivity index (χ0) is 16.0. The summed E-state index contributed by atoms with van der Waals surface area (Å²) in [5.41, 5.74) is 7.89. The molecule has 0 aliphatic carbocycles. The second-order valence-electron chi connectivity index (χ2n) is 4.33. The highest BCUT2D eigenvalue weighted by Gasteiger charge is 2.16. The Morgan fingerprint density at radius 2 is 1.82 bits per heavy atom. The second kappa shape index (κ2) is 6.81. The van der Waals surface area contributed by atoms with Crippen molar-refractivity contribution in [1.29, 1.82) is 0 Å². The minimum Gasteiger partial charge on any atom is -0.385 e. The molecule has 2 aromatic rings. The van der Waals surface area contributed by atoms with Gasteiger partial charge in [0.15, 0.2) is 9.84 Å². The molecule has 0 bridgehead atoms. The van der Waals surface area contributed by atoms with Gasteiger partial charge in [-0.3, -0.25) is 9.78 Å². The monoisotopic (exact) mass is 318 g/mol. The van der Waals surface area contributed by atoms with Crippen molar-refractivity contribution >= 4 is 21.6 Å². The molecule has 1 amide bonds. The van der Waals surface area contributed by atoms with E-state index in [2.05, 4.69) is 15.5 Å². The lowest BCUT2D eigenvalue weighted by molar-refractivity contribution is 0.0949. The number of hydrogen-bond acceptors (Lipinski definition) is 5. The third-order valence-electron chi connectivity index (χ3n) is 2.64. The van der Waals surface area contributed by atoms with Gasteiger partial charge in [0.25, 0.3) is 5.91 Å². The summed E-state index contributed by atoms with van der Waals surface area (Å²) in [5.74, 6) is -1.27. The van der Waals surface area contributed by atoms with E-state index in [-0.39, 0.29) is 16.4 Å². The maximum Gasteiger partial charge on any atom is 0.289 e. The molecular weight excluding hydrogens is 304 g/mol. The van der Waals surface area contributed by atoms with Crippen molar-refractivity contribution in [3.05, 3.63) is 60.4 Å². The van der Waals surface area contributed by atoms with Gasteiger partial charge in [-0.15, -0.1) is 0 Å². The van der Waals surface area contributed by atoms with Gasteiger partial charge in [-0.05, 0) is 24.3 Å². The van der Waals surface area contributed by atoms with Gasteiger partial charge < -0.3 is 5.73 Å². The molecule has 8 heteroatoms. The van der Waals surface area contributed by atoms with Crippen LogP contribution < -0.4 is 11.2 Å². The molecule has 2 rings (SSSR count). The van der Waals surface area contributed by atoms with Crippen molar-refractivity contribution in [2.75, 3.05) is 5.75 Å². The van der Waals surface area contributed by atoms with Crippen LogP contribution in [0.15, 0.2) is 64.7 Å². The van der Waals surface area contributed by atoms with Crippen molar-refractivity contribution in [2.45, 2.75) is 4.90 Å². The molecule has 0 saturated heterocycles. The first kappa shape index (κ1) is 15.6. The van der Waals surface area contributed by atoms with Gasteiger partial charge in [-0.1, -0.05) is 24.3 Å². The number of carbonyl (C=O) groups excluding carboxylic acids is 1. The normalized spacial score (nSPS) is 11.9. The number of rotatable bonds is 5. The summed E-state index contributed by atoms with van der Waals surface area (Å²) in [4.78, 5) is 15.7. The molecule has 22 heavy (non-hydrogen) atoms. The lowest BCUT2D eigenvalue weighted by Crippen LogP contribution is -2.29. The van der Waals surface area contributed by atoms with E-state index in [4.69, 9.17) is 5.73 Å². The van der Waals surface area contributed by atoms with Gasteiger partial charge in [-0.25, -0.2) is 13.8 Å². The van der Waals surface area contributed by atoms with Gasteiger partial charge in [0.05, 0.1) is 4.90 Å². The lowest BCUT2D eigenvalue weighted by Gasteiger charge is -2.04. The highest BCUT2D eigenvalue weighted by Crippen LogP contribution is 2.09. The minimum atomic E-state index is -3.59. The zero-order valence-electron chi connectivity index (χ0n) is 11.5. The number of amides is 1. The number of benzene rings is 1. The standard InChI is InChI=1S/C14H14N4O3S/c15-13(10-22(20,21)11-6-2-1-3-7-11)17-18-14(19)12-8-4-5-9-16-12/h1-9H,10H2,(H2,15,17)(H,18,19). The topological polar surface area (TPSA) is 115 Å². The van der Waals surface area contributed by atoms with E-state index in [9.17, 15) is 13.2 Å². The molecule has 7 nitrogen and oxygen atoms in total. The number of pyridine rings is 1. The molecule has 0 fully saturated rings. The van der Waals surface area contributed by atoms with Gasteiger partial charge in [-0.2, -0.15) is 5.10 Å². The molecule has 1 aromatic heterocycles. The smallest absolute Gasteiger partial charge is 0.289 e. The second-order valence-corrected chi connectivity index (χ2v) is 6.32. The molecule has 3 N–H and O–H groups in total. The van der Waals surface area contributed by atoms with E-state index in [1.54, 1.807) is 30.3 Å². The average molecular weight is 318 g/mol. The van der Waals surface area contributed by atoms with E-state index in [0.717, 1.165) is 0 Å². The zero-order valence-corrected chi connectivity index (χ0v) is 12.3. The first-order chi connectivity index (χ1) is 10.5. The Labute approximate surface area is 127 Å². The van der Waals surface area contributed by atoms with Crippen LogP contribution >= 0.6 is 0 Å². The fraction of sp³-hybridized carbons (Fsp3) is 0.0714. The van der Waals surface area contributed by atoms with Crippen molar-refractivity contribution < 1.29 is 13.2 Å². The molecular formula is C14H14N4O3S. The fourth-order valence-electron chi connectivity index (χ4n) is 1.62. The maximum absolute atomic E-state index is 12.1. The predicted octanol–water partition coefficient (Wildman–Crippen LogP) is 0.557. The van der Waals surface area contributed by atoms with Crippen LogP contribution in [0.25, 0.3) is 0 Å². The van der Waals surface area contributed by atoms with E-state index < -0.39 is 21.5 Å². The van der Waals surface area contributed by atoms with Crippen LogP contribution in [0.5, 0.6) is 0 Å². The highest BCUT2D eigenvalue weighted by atomic mass is 32.2. The van der Waals surface area contributed by atoms with Gasteiger partial charge in [0, 0.05) is 6.20 Å². The number of nitrogens with zero attached hydrogens (tertiary/aromatic N) is 2. The van der Waals surface area contributed by atoms with E-state index >= 15 is 0 Å². The average Bonchev–Trinajstić information content (AvgIpc) is 2.54. The molecule has 0 aliphatic rings. The Kier molecular flexibility index (Phi) is 4.84. The van der Waals surface area contributed by atoms with Crippen LogP contribution in [0.3, 0.4) is 0 Å². The Balaban J connectivity index is 2.03. The van der Waals surface area contributed by atoms with Crippen LogP contribution in [0, 0.1) is 0 Å². The highest BCUT2D eigenvalue weighted by molar-refractivity contribution is 7.92. The Hall–Kier alpha value is -2.74. The molecule has 1 heterocycles. The number of nitrogens with two attached hydrogens (primary N) is 1. The number of sulfone groups is 1. The van der Waals surface area contributed by atoms with Crippen LogP contribution in [0.2, 0.25) is 0 Å². The molecule has 0 saturated carbocycles. The first-order valence-corrected chi connectivity index (χ1v) is 7.95. The van der Waals surface area contributed by atoms with E-state index in [1.165, 1.54) is 24.4 Å². The Morgan fingerprint density at radius 1 is 1.14 bits per heavy atom. The van der Waals surface area contributed by atoms with Crippen LogP contribution in [-0.2, 0) is 9.84 Å². The van der Waals surface area contributed by atoms with E-state index in [0.29, 0.717) is 0 Å². The third kappa shape index (κ3) is 4.13. The van der Waals surface area contributed by atoms with Crippen LogP contribution in [0.4, 0.5) is 0 Å². The molecule has 0 atom stereocenters. The summed E-state index contributed by atoms with van der Waals surface area (Å²) in [5, 5.41) is 3.59. The van der Waals surface area contributed by atoms with Gasteiger partial charge in [0.2, 0.25) is 0 Å². The predicted molar refractivity (Wildman–Crippen MR) is 81.8 cm³/mol. The number of nitrogens with one attached hydrogen (secondary N) is 1. The third-order valence-corrected chi connectivity index (χ3v) is 4.31. The summed E-state index contributed by atoms with van der Waals surface area (Å²) in [6, 6.07) is 12.7. The Bertz CT molecular complexity index is 774. The summed E-state index contributed by atoms with van der Waals surface area (Å²) in [7, 11) is -3.59. The van der Waals surface area contributed by atoms with Crippen molar-refractivity contribution in [3.63, 3.8) is 0 Å². The molecule has 0 spiro atoms. The quantitative estimate of drug-likeness (QED) is 0.475. The fourth-order valence-corrected chi connectivity index (χ4v) is 2.81. The number of aromatic nitrogens is 1. The molecule has 0 radical (unpaired) electrons. The summed E-state index contributed by atoms with van der Waals surface area (Å²) in [6.07, 6.45) is 1.46. The first-order valence-electron chi connectivity index (χ1n) is 6.30. The number of carbonyl (C=O) groups is 1. The lowest BCUT2D eigenvalue weighted by atomic mass is 10.3. The van der Waals surface area contributed by atoms with Crippen LogP contribution in [-0.4, -0.2) is 30.9 Å². The van der Waals surface area contributed by atoms with Gasteiger partial charge >= 0.3 is 0 Å². The molecule has 114 valence electrons. The molecule has 0 aliphatic heterocycles. The summed E-state index contributed by atoms with van der Waals surface area (Å²) in [6.45, 7) is 0. The van der Waals surface area contributed by atoms with E-state index in [1.807, 2.05) is 0 Å². The summed E-state index contributed by atoms with van der Waals surface area (Å²) >= 11 is 0. The van der Waals surface area contributed by atoms with Crippen molar-refractivity contribution in [3.8, 4) is 0 Å². The summed E-state index contributed by atoms with van der Waals surface area (Å²) < 4.78 is 24.1. The van der Waals surface area contributed by atoms with Crippen LogP contribution in [0.1, 0.15) is 10.5 Å².